The molecule has 1 saturated heterocycles. The van der Waals surface area contributed by atoms with E-state index < -0.39 is 0 Å². The molecule has 0 amide bonds. The zero-order valence-corrected chi connectivity index (χ0v) is 21.8. The van der Waals surface area contributed by atoms with Crippen LogP contribution in [-0.4, -0.2) is 56.2 Å². The van der Waals surface area contributed by atoms with Crippen molar-refractivity contribution in [3.05, 3.63) is 78.0 Å². The van der Waals surface area contributed by atoms with E-state index in [4.69, 9.17) is 6.57 Å². The van der Waals surface area contributed by atoms with Crippen LogP contribution in [0, 0.1) is 6.57 Å². The van der Waals surface area contributed by atoms with Gasteiger partial charge in [-0.25, -0.2) is 4.85 Å². The predicted octanol–water partition coefficient (Wildman–Crippen LogP) is 4.37. The van der Waals surface area contributed by atoms with E-state index in [1.165, 1.54) is 11.3 Å². The summed E-state index contributed by atoms with van der Waals surface area (Å²) in [6.07, 6.45) is 6.09. The number of rotatable bonds is 5. The van der Waals surface area contributed by atoms with E-state index in [-0.39, 0.29) is 26.1 Å². The highest BCUT2D eigenvalue weighted by atomic mass is 32.1. The Labute approximate surface area is 223 Å². The number of fused-ring (bicyclic) bond motifs is 5. The zero-order chi connectivity index (χ0) is 24.6. The second-order valence-electron chi connectivity index (χ2n) is 9.75. The van der Waals surface area contributed by atoms with Crippen LogP contribution in [0.25, 0.3) is 33.2 Å². The lowest BCUT2D eigenvalue weighted by molar-refractivity contribution is 0.233. The lowest BCUT2D eigenvalue weighted by Crippen LogP contribution is -2.46. The van der Waals surface area contributed by atoms with Gasteiger partial charge in [-0.2, -0.15) is 13.5 Å². The first-order chi connectivity index (χ1) is 17.6. The van der Waals surface area contributed by atoms with Crippen LogP contribution in [0.2, 0.25) is 0 Å². The fraction of sp³-hybridized carbons (Fsp3) is 0.321. The van der Waals surface area contributed by atoms with Crippen LogP contribution in [0.15, 0.2) is 61.1 Å². The first-order valence-electron chi connectivity index (χ1n) is 12.5. The lowest BCUT2D eigenvalue weighted by atomic mass is 10.0. The molecule has 0 spiro atoms. The van der Waals surface area contributed by atoms with Crippen molar-refractivity contribution < 1.29 is 5.11 Å². The third-order valence-electron chi connectivity index (χ3n) is 7.32. The largest absolute Gasteiger partial charge is 0.395 e. The predicted molar refractivity (Wildman–Crippen MR) is 151 cm³/mol. The molecule has 2 aliphatic rings. The van der Waals surface area contributed by atoms with Crippen LogP contribution < -0.4 is 10.2 Å². The Kier molecular flexibility index (Phi) is 7.07. The second kappa shape index (κ2) is 10.4. The average Bonchev–Trinajstić information content (AvgIpc) is 3.54. The average molecular weight is 514 g/mol. The van der Waals surface area contributed by atoms with Crippen LogP contribution in [-0.2, 0) is 6.54 Å². The van der Waals surface area contributed by atoms with Crippen LogP contribution in [0.4, 0.5) is 11.4 Å². The number of nitrogens with one attached hydrogen (secondary N) is 1. The minimum Gasteiger partial charge on any atom is -0.395 e. The topological polar surface area (TPSA) is 75.5 Å². The highest BCUT2D eigenvalue weighted by molar-refractivity contribution is 7.59. The Balaban J connectivity index is 0.00000280. The Hall–Kier alpha value is -3.58. The molecule has 8 nitrogen and oxygen atoms in total. The zero-order valence-electron chi connectivity index (χ0n) is 20.8. The van der Waals surface area contributed by atoms with E-state index in [0.717, 1.165) is 60.8 Å². The summed E-state index contributed by atoms with van der Waals surface area (Å²) in [4.78, 5) is 5.96. The van der Waals surface area contributed by atoms with Crippen molar-refractivity contribution in [2.75, 3.05) is 24.6 Å². The summed E-state index contributed by atoms with van der Waals surface area (Å²) in [6.45, 7) is 12.1. The molecule has 2 aromatic carbocycles. The minimum atomic E-state index is 0. The minimum absolute atomic E-state index is 0. The fourth-order valence-corrected chi connectivity index (χ4v) is 5.37. The number of benzene rings is 2. The number of anilines is 1. The fourth-order valence-electron chi connectivity index (χ4n) is 5.37. The molecule has 190 valence electrons. The van der Waals surface area contributed by atoms with Gasteiger partial charge < -0.3 is 19.9 Å². The van der Waals surface area contributed by atoms with E-state index in [0.29, 0.717) is 11.7 Å². The molecule has 0 radical (unpaired) electrons. The molecule has 0 saturated carbocycles. The molecule has 6 rings (SSSR count). The Morgan fingerprint density at radius 3 is 2.62 bits per heavy atom. The van der Waals surface area contributed by atoms with Crippen molar-refractivity contribution in [3.63, 3.8) is 0 Å². The van der Waals surface area contributed by atoms with Crippen molar-refractivity contribution in [1.29, 1.82) is 0 Å². The van der Waals surface area contributed by atoms with Crippen molar-refractivity contribution in [2.45, 2.75) is 38.4 Å². The number of aliphatic hydroxyl groups is 1. The molecular formula is C28H31N7OS. The van der Waals surface area contributed by atoms with Crippen molar-refractivity contribution >= 4 is 24.9 Å². The molecule has 1 atom stereocenters. The number of piperidine rings is 1. The van der Waals surface area contributed by atoms with Crippen LogP contribution >= 0.6 is 13.5 Å². The quantitative estimate of drug-likeness (QED) is 0.342. The van der Waals surface area contributed by atoms with Gasteiger partial charge in [0.25, 0.3) is 0 Å². The Bertz CT molecular complexity index is 1430. The molecule has 4 heterocycles. The van der Waals surface area contributed by atoms with Gasteiger partial charge in [0.2, 0.25) is 0 Å². The molecule has 2 N–H and O–H groups in total. The molecule has 37 heavy (non-hydrogen) atoms. The number of aromatic nitrogens is 4. The second-order valence-corrected chi connectivity index (χ2v) is 9.75. The van der Waals surface area contributed by atoms with E-state index in [2.05, 4.69) is 64.9 Å². The maximum absolute atomic E-state index is 9.35. The van der Waals surface area contributed by atoms with Gasteiger partial charge in [-0.1, -0.05) is 24.3 Å². The van der Waals surface area contributed by atoms with Gasteiger partial charge in [-0.05, 0) is 55.2 Å². The number of aliphatic hydroxyl groups excluding tert-OH is 1. The van der Waals surface area contributed by atoms with E-state index in [9.17, 15) is 5.11 Å². The van der Waals surface area contributed by atoms with Gasteiger partial charge in [-0.3, -0.25) is 4.57 Å². The van der Waals surface area contributed by atoms with E-state index in [1.54, 1.807) is 6.33 Å². The van der Waals surface area contributed by atoms with Gasteiger partial charge >= 0.3 is 0 Å². The summed E-state index contributed by atoms with van der Waals surface area (Å²) in [6, 6.07) is 17.2. The van der Waals surface area contributed by atoms with Gasteiger partial charge in [0.05, 0.1) is 24.6 Å². The van der Waals surface area contributed by atoms with Gasteiger partial charge in [0.1, 0.15) is 6.33 Å². The summed E-state index contributed by atoms with van der Waals surface area (Å²) in [5.74, 6) is 0.829. The highest BCUT2D eigenvalue weighted by Crippen LogP contribution is 2.35. The summed E-state index contributed by atoms with van der Waals surface area (Å²) < 4.78 is 4.33. The van der Waals surface area contributed by atoms with Gasteiger partial charge in [0.15, 0.2) is 11.5 Å². The molecule has 0 aliphatic carbocycles. The Morgan fingerprint density at radius 2 is 1.89 bits per heavy atom. The summed E-state index contributed by atoms with van der Waals surface area (Å²) in [7, 11) is 0. The highest BCUT2D eigenvalue weighted by Gasteiger charge is 2.24. The first kappa shape index (κ1) is 25.1. The lowest BCUT2D eigenvalue weighted by Gasteiger charge is -2.35. The maximum atomic E-state index is 9.35. The Morgan fingerprint density at radius 1 is 1.11 bits per heavy atom. The smallest absolute Gasteiger partial charge is 0.187 e. The molecule has 9 heteroatoms. The molecule has 0 bridgehead atoms. The monoisotopic (exact) mass is 513 g/mol. The molecule has 4 aromatic rings. The maximum Gasteiger partial charge on any atom is 0.187 e. The molecular weight excluding hydrogens is 482 g/mol. The SMILES string of the molecule is S.[C-]#[N+]c1ccc(-c2cc3n(c2)Cc2cc(N4CCC(N[C@@H](C)CO)CC4)ccc2-n2cnnc2-3)cc1. The number of nitrogens with zero attached hydrogens (tertiary/aromatic N) is 6. The van der Waals surface area contributed by atoms with Crippen molar-refractivity contribution in [3.8, 4) is 28.3 Å². The standard InChI is InChI=1S/C28H29N7O.H2S/c1-19(17-36)31-24-9-11-33(12-10-24)25-7-8-26-22(13-25)16-34-15-21(20-3-5-23(29-2)6-4-20)14-27(34)28-32-30-18-35(26)28;/h3-8,13-15,18-19,24,31,36H,9-12,16-17H2,1H3;1H2/t19-;/m0./s1. The van der Waals surface area contributed by atoms with Gasteiger partial charge in [-0.15, -0.1) is 10.2 Å². The third-order valence-corrected chi connectivity index (χ3v) is 7.32. The molecule has 2 aromatic heterocycles. The third kappa shape index (κ3) is 4.76. The van der Waals surface area contributed by atoms with E-state index in [1.807, 2.05) is 31.2 Å². The van der Waals surface area contributed by atoms with Crippen LogP contribution in [0.1, 0.15) is 25.3 Å². The van der Waals surface area contributed by atoms with Gasteiger partial charge in [0, 0.05) is 49.2 Å². The number of hydrogen-bond acceptors (Lipinski definition) is 5. The summed E-state index contributed by atoms with van der Waals surface area (Å²) in [5, 5.41) is 21.6. The van der Waals surface area contributed by atoms with E-state index >= 15 is 0 Å². The molecule has 2 aliphatic heterocycles. The van der Waals surface area contributed by atoms with Crippen LogP contribution in [0.3, 0.4) is 0 Å². The molecule has 1 fully saturated rings. The van der Waals surface area contributed by atoms with Crippen molar-refractivity contribution in [1.82, 2.24) is 24.6 Å². The van der Waals surface area contributed by atoms with Crippen molar-refractivity contribution in [2.24, 2.45) is 0 Å². The van der Waals surface area contributed by atoms with Crippen LogP contribution in [0.5, 0.6) is 0 Å². The normalized spacial score (nSPS) is 15.5. The summed E-state index contributed by atoms with van der Waals surface area (Å²) in [5.41, 5.74) is 7.42. The summed E-state index contributed by atoms with van der Waals surface area (Å²) >= 11 is 0. The molecule has 0 unspecified atom stereocenters. The number of hydrogen-bond donors (Lipinski definition) is 2. The first-order valence-corrected chi connectivity index (χ1v) is 12.5.